The Morgan fingerprint density at radius 2 is 1.55 bits per heavy atom. The van der Waals surface area contributed by atoms with Crippen LogP contribution < -0.4 is 16.4 Å². The van der Waals surface area contributed by atoms with Gasteiger partial charge in [0.25, 0.3) is 0 Å². The topological polar surface area (TPSA) is 93.5 Å². The number of carbonyl (C=O) groups excluding carboxylic acids is 2. The number of alkyl carbamates (subject to hydrolysis) is 1. The Kier molecular flexibility index (Phi) is 8.96. The number of nitrogens with one attached hydrogen (secondary N) is 2. The molecule has 0 bridgehead atoms. The standard InChI is InChI=1S/C14H29N3O3/c1-11(15)12(18)16-9-7-5-6-8-10-17-13(19)20-14(2,3)4/h11H,5-10,15H2,1-4H3,(H,16,18)(H,17,19). The normalized spacial score (nSPS) is 12.7. The van der Waals surface area contributed by atoms with Gasteiger partial charge in [-0.2, -0.15) is 0 Å². The molecule has 118 valence electrons. The minimum Gasteiger partial charge on any atom is -0.444 e. The zero-order valence-corrected chi connectivity index (χ0v) is 13.1. The third kappa shape index (κ3) is 11.8. The molecule has 6 nitrogen and oxygen atoms in total. The van der Waals surface area contributed by atoms with Crippen molar-refractivity contribution < 1.29 is 14.3 Å². The zero-order chi connectivity index (χ0) is 15.6. The highest BCUT2D eigenvalue weighted by Crippen LogP contribution is 2.06. The van der Waals surface area contributed by atoms with Gasteiger partial charge in [-0.05, 0) is 40.5 Å². The van der Waals surface area contributed by atoms with E-state index in [1.807, 2.05) is 20.8 Å². The van der Waals surface area contributed by atoms with Gasteiger partial charge in [0.2, 0.25) is 5.91 Å². The van der Waals surface area contributed by atoms with Crippen molar-refractivity contribution in [1.82, 2.24) is 10.6 Å². The minimum absolute atomic E-state index is 0.114. The van der Waals surface area contributed by atoms with Gasteiger partial charge in [-0.3, -0.25) is 4.79 Å². The largest absolute Gasteiger partial charge is 0.444 e. The van der Waals surface area contributed by atoms with Crippen LogP contribution in [0, 0.1) is 0 Å². The lowest BCUT2D eigenvalue weighted by Gasteiger charge is -2.19. The van der Waals surface area contributed by atoms with Gasteiger partial charge in [-0.1, -0.05) is 12.8 Å². The van der Waals surface area contributed by atoms with Gasteiger partial charge >= 0.3 is 6.09 Å². The van der Waals surface area contributed by atoms with Gasteiger partial charge in [-0.25, -0.2) is 4.79 Å². The SMILES string of the molecule is CC(N)C(=O)NCCCCCCNC(=O)OC(C)(C)C. The Bertz CT molecular complexity index is 299. The number of hydrogen-bond donors (Lipinski definition) is 3. The molecule has 4 N–H and O–H groups in total. The van der Waals surface area contributed by atoms with E-state index in [0.29, 0.717) is 13.1 Å². The van der Waals surface area contributed by atoms with E-state index in [1.54, 1.807) is 6.92 Å². The van der Waals surface area contributed by atoms with Crippen molar-refractivity contribution >= 4 is 12.0 Å². The van der Waals surface area contributed by atoms with Crippen molar-refractivity contribution in [3.05, 3.63) is 0 Å². The Labute approximate surface area is 121 Å². The van der Waals surface area contributed by atoms with Gasteiger partial charge in [0.15, 0.2) is 0 Å². The van der Waals surface area contributed by atoms with Crippen molar-refractivity contribution in [2.45, 2.75) is 65.0 Å². The quantitative estimate of drug-likeness (QED) is 0.590. The fourth-order valence-corrected chi connectivity index (χ4v) is 1.48. The third-order valence-corrected chi connectivity index (χ3v) is 2.48. The highest BCUT2D eigenvalue weighted by Gasteiger charge is 2.15. The average Bonchev–Trinajstić information content (AvgIpc) is 2.29. The first-order valence-corrected chi connectivity index (χ1v) is 7.22. The summed E-state index contributed by atoms with van der Waals surface area (Å²) >= 11 is 0. The van der Waals surface area contributed by atoms with Gasteiger partial charge in [0.1, 0.15) is 5.60 Å². The first-order valence-electron chi connectivity index (χ1n) is 7.22. The minimum atomic E-state index is -0.456. The molecule has 2 amide bonds. The maximum Gasteiger partial charge on any atom is 0.407 e. The molecule has 0 radical (unpaired) electrons. The summed E-state index contributed by atoms with van der Waals surface area (Å²) in [6.45, 7) is 8.44. The second-order valence-electron chi connectivity index (χ2n) is 5.92. The zero-order valence-electron chi connectivity index (χ0n) is 13.1. The van der Waals surface area contributed by atoms with Crippen LogP contribution in [0.4, 0.5) is 4.79 Å². The van der Waals surface area contributed by atoms with Crippen LogP contribution in [0.25, 0.3) is 0 Å². The summed E-state index contributed by atoms with van der Waals surface area (Å²) in [5.41, 5.74) is 4.97. The molecule has 0 rings (SSSR count). The number of carbonyl (C=O) groups is 2. The van der Waals surface area contributed by atoms with Crippen LogP contribution in [-0.4, -0.2) is 36.7 Å². The third-order valence-electron chi connectivity index (χ3n) is 2.48. The maximum atomic E-state index is 11.3. The summed E-state index contributed by atoms with van der Waals surface area (Å²) in [5.74, 6) is -0.114. The summed E-state index contributed by atoms with van der Waals surface area (Å²) in [7, 11) is 0. The molecular weight excluding hydrogens is 258 g/mol. The number of unbranched alkanes of at least 4 members (excludes halogenated alkanes) is 3. The van der Waals surface area contributed by atoms with E-state index in [1.165, 1.54) is 0 Å². The second-order valence-corrected chi connectivity index (χ2v) is 5.92. The van der Waals surface area contributed by atoms with Crippen molar-refractivity contribution in [3.63, 3.8) is 0 Å². The molecule has 20 heavy (non-hydrogen) atoms. The van der Waals surface area contributed by atoms with E-state index < -0.39 is 11.6 Å². The Morgan fingerprint density at radius 3 is 2.00 bits per heavy atom. The molecule has 1 unspecified atom stereocenters. The van der Waals surface area contributed by atoms with Gasteiger partial charge in [0, 0.05) is 13.1 Å². The summed E-state index contributed by atoms with van der Waals surface area (Å²) in [4.78, 5) is 22.5. The summed E-state index contributed by atoms with van der Waals surface area (Å²) < 4.78 is 5.12. The predicted octanol–water partition coefficient (Wildman–Crippen LogP) is 1.53. The van der Waals surface area contributed by atoms with Gasteiger partial charge in [-0.15, -0.1) is 0 Å². The molecule has 0 aromatic carbocycles. The fraction of sp³-hybridized carbons (Fsp3) is 0.857. The van der Waals surface area contributed by atoms with Crippen LogP contribution in [0.1, 0.15) is 53.4 Å². The lowest BCUT2D eigenvalue weighted by Crippen LogP contribution is -2.38. The van der Waals surface area contributed by atoms with Crippen LogP contribution >= 0.6 is 0 Å². The molecule has 0 saturated heterocycles. The van der Waals surface area contributed by atoms with Crippen LogP contribution in [0.3, 0.4) is 0 Å². The van der Waals surface area contributed by atoms with E-state index >= 15 is 0 Å². The number of hydrogen-bond acceptors (Lipinski definition) is 4. The number of ether oxygens (including phenoxy) is 1. The maximum absolute atomic E-state index is 11.3. The molecule has 0 fully saturated rings. The predicted molar refractivity (Wildman–Crippen MR) is 79.4 cm³/mol. The number of amides is 2. The Morgan fingerprint density at radius 1 is 1.05 bits per heavy atom. The molecule has 0 aliphatic rings. The second kappa shape index (κ2) is 9.58. The molecule has 0 aromatic heterocycles. The Hall–Kier alpha value is -1.30. The monoisotopic (exact) mass is 287 g/mol. The molecule has 0 aliphatic heterocycles. The van der Waals surface area contributed by atoms with E-state index in [4.69, 9.17) is 10.5 Å². The molecule has 0 heterocycles. The molecule has 0 saturated carbocycles. The molecule has 0 aromatic rings. The van der Waals surface area contributed by atoms with Gasteiger partial charge in [0.05, 0.1) is 6.04 Å². The number of rotatable bonds is 8. The van der Waals surface area contributed by atoms with Gasteiger partial charge < -0.3 is 21.1 Å². The first kappa shape index (κ1) is 18.7. The van der Waals surface area contributed by atoms with Crippen molar-refractivity contribution in [2.24, 2.45) is 5.73 Å². The lowest BCUT2D eigenvalue weighted by molar-refractivity contribution is -0.121. The first-order chi connectivity index (χ1) is 9.22. The fourth-order valence-electron chi connectivity index (χ4n) is 1.48. The van der Waals surface area contributed by atoms with Crippen LogP contribution in [-0.2, 0) is 9.53 Å². The summed E-state index contributed by atoms with van der Waals surface area (Å²) in [6.07, 6.45) is 3.46. The molecule has 0 aliphatic carbocycles. The van der Waals surface area contributed by atoms with E-state index in [0.717, 1.165) is 25.7 Å². The van der Waals surface area contributed by atoms with Crippen molar-refractivity contribution in [1.29, 1.82) is 0 Å². The van der Waals surface area contributed by atoms with Crippen LogP contribution in [0.2, 0.25) is 0 Å². The lowest BCUT2D eigenvalue weighted by atomic mass is 10.2. The summed E-state index contributed by atoms with van der Waals surface area (Å²) in [5, 5.41) is 5.48. The molecule has 6 heteroatoms. The van der Waals surface area contributed by atoms with Crippen LogP contribution in [0.5, 0.6) is 0 Å². The molecule has 1 atom stereocenters. The van der Waals surface area contributed by atoms with Crippen molar-refractivity contribution in [2.75, 3.05) is 13.1 Å². The van der Waals surface area contributed by atoms with Crippen LogP contribution in [0.15, 0.2) is 0 Å². The smallest absolute Gasteiger partial charge is 0.407 e. The highest BCUT2D eigenvalue weighted by atomic mass is 16.6. The molecular formula is C14H29N3O3. The molecule has 0 spiro atoms. The van der Waals surface area contributed by atoms with E-state index in [-0.39, 0.29) is 12.0 Å². The van der Waals surface area contributed by atoms with Crippen molar-refractivity contribution in [3.8, 4) is 0 Å². The summed E-state index contributed by atoms with van der Waals surface area (Å²) in [6, 6.07) is -0.451. The van der Waals surface area contributed by atoms with E-state index in [2.05, 4.69) is 10.6 Å². The average molecular weight is 287 g/mol. The highest BCUT2D eigenvalue weighted by molar-refractivity contribution is 5.80. The van der Waals surface area contributed by atoms with E-state index in [9.17, 15) is 9.59 Å². The number of nitrogens with two attached hydrogens (primary N) is 1. The Balaban J connectivity index is 3.37.